The van der Waals surface area contributed by atoms with Gasteiger partial charge in [0.05, 0.1) is 19.9 Å². The van der Waals surface area contributed by atoms with Crippen LogP contribution in [0.5, 0.6) is 11.5 Å². The molecule has 1 aromatic carbocycles. The zero-order valence-corrected chi connectivity index (χ0v) is 12.4. The normalized spacial score (nSPS) is 10.8. The number of ether oxygens (including phenoxy) is 2. The van der Waals surface area contributed by atoms with Crippen molar-refractivity contribution < 1.29 is 9.47 Å². The van der Waals surface area contributed by atoms with E-state index in [4.69, 9.17) is 15.2 Å². The number of nitrogens with two attached hydrogens (primary N) is 1. The predicted molar refractivity (Wildman–Crippen MR) is 80.1 cm³/mol. The third-order valence-electron chi connectivity index (χ3n) is 3.19. The maximum Gasteiger partial charge on any atom is 0.149 e. The summed E-state index contributed by atoms with van der Waals surface area (Å²) < 4.78 is 10.7. The molecule has 0 atom stereocenters. The van der Waals surface area contributed by atoms with Gasteiger partial charge < -0.3 is 15.2 Å². The highest BCUT2D eigenvalue weighted by Gasteiger charge is 2.17. The van der Waals surface area contributed by atoms with Gasteiger partial charge in [0.1, 0.15) is 17.3 Å². The Kier molecular flexibility index (Phi) is 4.17. The van der Waals surface area contributed by atoms with Gasteiger partial charge in [-0.15, -0.1) is 0 Å². The number of benzene rings is 1. The first-order chi connectivity index (χ1) is 9.56. The topological polar surface area (TPSA) is 73.2 Å². The number of nitrogens with one attached hydrogen (secondary N) is 1. The summed E-state index contributed by atoms with van der Waals surface area (Å²) in [5.41, 5.74) is 8.85. The van der Waals surface area contributed by atoms with Gasteiger partial charge in [-0.05, 0) is 24.5 Å². The summed E-state index contributed by atoms with van der Waals surface area (Å²) in [5.74, 6) is 2.53. The number of anilines is 1. The van der Waals surface area contributed by atoms with Gasteiger partial charge in [-0.25, -0.2) is 0 Å². The minimum absolute atomic E-state index is 0.498. The fourth-order valence-electron chi connectivity index (χ4n) is 2.22. The molecule has 0 spiro atoms. The molecular formula is C15H21N3O2. The highest BCUT2D eigenvalue weighted by atomic mass is 16.5. The molecule has 3 N–H and O–H groups in total. The monoisotopic (exact) mass is 275 g/mol. The van der Waals surface area contributed by atoms with E-state index < -0.39 is 0 Å². The van der Waals surface area contributed by atoms with Gasteiger partial charge in [0.2, 0.25) is 0 Å². The van der Waals surface area contributed by atoms with Gasteiger partial charge in [0, 0.05) is 17.2 Å². The molecule has 20 heavy (non-hydrogen) atoms. The smallest absolute Gasteiger partial charge is 0.149 e. The molecule has 1 aromatic heterocycles. The van der Waals surface area contributed by atoms with Gasteiger partial charge >= 0.3 is 0 Å². The van der Waals surface area contributed by atoms with Crippen molar-refractivity contribution in [2.75, 3.05) is 20.0 Å². The molecule has 108 valence electrons. The molecular weight excluding hydrogens is 254 g/mol. The Labute approximate surface area is 119 Å². The summed E-state index contributed by atoms with van der Waals surface area (Å²) in [6, 6.07) is 5.70. The molecule has 0 saturated carbocycles. The van der Waals surface area contributed by atoms with Gasteiger partial charge in [-0.3, -0.25) is 5.10 Å². The quantitative estimate of drug-likeness (QED) is 0.880. The van der Waals surface area contributed by atoms with Crippen LogP contribution in [-0.2, 0) is 6.42 Å². The third-order valence-corrected chi connectivity index (χ3v) is 3.19. The Hall–Kier alpha value is -2.17. The van der Waals surface area contributed by atoms with Crippen molar-refractivity contribution in [2.24, 2.45) is 5.92 Å². The van der Waals surface area contributed by atoms with Crippen LogP contribution in [0.1, 0.15) is 19.4 Å². The van der Waals surface area contributed by atoms with E-state index in [1.54, 1.807) is 14.2 Å². The highest BCUT2D eigenvalue weighted by Crippen LogP contribution is 2.36. The second-order valence-electron chi connectivity index (χ2n) is 5.13. The van der Waals surface area contributed by atoms with Crippen molar-refractivity contribution in [3.05, 3.63) is 23.8 Å². The molecule has 5 heteroatoms. The number of rotatable bonds is 5. The SMILES string of the molecule is COc1ccc(-c2[nH]nc(N)c2CC(C)C)c(OC)c1. The van der Waals surface area contributed by atoms with Gasteiger partial charge in [-0.2, -0.15) is 5.10 Å². The zero-order valence-electron chi connectivity index (χ0n) is 12.4. The number of methoxy groups -OCH3 is 2. The van der Waals surface area contributed by atoms with E-state index in [0.717, 1.165) is 34.7 Å². The van der Waals surface area contributed by atoms with Crippen molar-refractivity contribution in [2.45, 2.75) is 20.3 Å². The maximum absolute atomic E-state index is 5.97. The molecule has 0 radical (unpaired) electrons. The number of nitrogens with zero attached hydrogens (tertiary/aromatic N) is 1. The molecule has 0 unspecified atom stereocenters. The Morgan fingerprint density at radius 1 is 1.25 bits per heavy atom. The van der Waals surface area contributed by atoms with Crippen LogP contribution in [0.15, 0.2) is 18.2 Å². The van der Waals surface area contributed by atoms with Crippen LogP contribution in [0.3, 0.4) is 0 Å². The fraction of sp³-hybridized carbons (Fsp3) is 0.400. The first-order valence-electron chi connectivity index (χ1n) is 6.62. The summed E-state index contributed by atoms with van der Waals surface area (Å²) in [7, 11) is 3.27. The standard InChI is InChI=1S/C15H21N3O2/c1-9(2)7-12-14(17-18-15(12)16)11-6-5-10(19-3)8-13(11)20-4/h5-6,8-9H,7H2,1-4H3,(H3,16,17,18). The lowest BCUT2D eigenvalue weighted by atomic mass is 9.98. The molecule has 0 aliphatic carbocycles. The Morgan fingerprint density at radius 2 is 2.00 bits per heavy atom. The minimum Gasteiger partial charge on any atom is -0.497 e. The molecule has 2 rings (SSSR count). The maximum atomic E-state index is 5.97. The van der Waals surface area contributed by atoms with E-state index in [9.17, 15) is 0 Å². The molecule has 0 aliphatic heterocycles. The van der Waals surface area contributed by atoms with Crippen LogP contribution in [-0.4, -0.2) is 24.4 Å². The molecule has 5 nitrogen and oxygen atoms in total. The third kappa shape index (κ3) is 2.71. The fourth-order valence-corrected chi connectivity index (χ4v) is 2.22. The van der Waals surface area contributed by atoms with Crippen molar-refractivity contribution >= 4 is 5.82 Å². The average Bonchev–Trinajstić information content (AvgIpc) is 2.79. The molecule has 0 saturated heterocycles. The predicted octanol–water partition coefficient (Wildman–Crippen LogP) is 2.87. The van der Waals surface area contributed by atoms with Crippen LogP contribution >= 0.6 is 0 Å². The van der Waals surface area contributed by atoms with E-state index in [1.807, 2.05) is 18.2 Å². The van der Waals surface area contributed by atoms with Crippen LogP contribution in [0.25, 0.3) is 11.3 Å². The molecule has 0 amide bonds. The Morgan fingerprint density at radius 3 is 2.60 bits per heavy atom. The lowest BCUT2D eigenvalue weighted by Crippen LogP contribution is -2.00. The van der Waals surface area contributed by atoms with Gasteiger partial charge in [0.15, 0.2) is 0 Å². The molecule has 1 heterocycles. The lowest BCUT2D eigenvalue weighted by Gasteiger charge is -2.12. The molecule has 0 aliphatic rings. The summed E-state index contributed by atoms with van der Waals surface area (Å²) in [4.78, 5) is 0. The second kappa shape index (κ2) is 5.86. The zero-order chi connectivity index (χ0) is 14.7. The Balaban J connectivity index is 2.51. The van der Waals surface area contributed by atoms with E-state index in [2.05, 4.69) is 24.0 Å². The van der Waals surface area contributed by atoms with Gasteiger partial charge in [0.25, 0.3) is 0 Å². The summed E-state index contributed by atoms with van der Waals surface area (Å²) in [5, 5.41) is 7.14. The summed E-state index contributed by atoms with van der Waals surface area (Å²) in [6.45, 7) is 4.31. The van der Waals surface area contributed by atoms with E-state index in [0.29, 0.717) is 11.7 Å². The van der Waals surface area contributed by atoms with E-state index in [-0.39, 0.29) is 0 Å². The number of hydrogen-bond acceptors (Lipinski definition) is 4. The number of hydrogen-bond donors (Lipinski definition) is 2. The molecule has 0 bridgehead atoms. The van der Waals surface area contributed by atoms with E-state index in [1.165, 1.54) is 0 Å². The summed E-state index contributed by atoms with van der Waals surface area (Å²) >= 11 is 0. The van der Waals surface area contributed by atoms with Gasteiger partial charge in [-0.1, -0.05) is 13.8 Å². The molecule has 0 fully saturated rings. The number of aromatic nitrogens is 2. The second-order valence-corrected chi connectivity index (χ2v) is 5.13. The first-order valence-corrected chi connectivity index (χ1v) is 6.62. The minimum atomic E-state index is 0.498. The Bertz CT molecular complexity index is 591. The van der Waals surface area contributed by atoms with Crippen LogP contribution in [0.2, 0.25) is 0 Å². The van der Waals surface area contributed by atoms with Crippen LogP contribution in [0, 0.1) is 5.92 Å². The van der Waals surface area contributed by atoms with Crippen LogP contribution in [0.4, 0.5) is 5.82 Å². The van der Waals surface area contributed by atoms with Crippen LogP contribution < -0.4 is 15.2 Å². The van der Waals surface area contributed by atoms with E-state index >= 15 is 0 Å². The largest absolute Gasteiger partial charge is 0.497 e. The van der Waals surface area contributed by atoms with Crippen molar-refractivity contribution in [1.82, 2.24) is 10.2 Å². The highest BCUT2D eigenvalue weighted by molar-refractivity contribution is 5.74. The number of aromatic amines is 1. The number of nitrogen functional groups attached to an aromatic ring is 1. The number of H-pyrrole nitrogens is 1. The first kappa shape index (κ1) is 14.2. The molecule has 2 aromatic rings. The average molecular weight is 275 g/mol. The van der Waals surface area contributed by atoms with Crippen molar-refractivity contribution in [3.8, 4) is 22.8 Å². The van der Waals surface area contributed by atoms with Crippen molar-refractivity contribution in [3.63, 3.8) is 0 Å². The lowest BCUT2D eigenvalue weighted by molar-refractivity contribution is 0.395. The van der Waals surface area contributed by atoms with Crippen molar-refractivity contribution in [1.29, 1.82) is 0 Å². The summed E-state index contributed by atoms with van der Waals surface area (Å²) in [6.07, 6.45) is 0.868.